The predicted molar refractivity (Wildman–Crippen MR) is 107 cm³/mol. The molecule has 0 N–H and O–H groups in total. The molecule has 1 aromatic carbocycles. The van der Waals surface area contributed by atoms with E-state index in [2.05, 4.69) is 0 Å². The number of carbonyl (C=O) groups excluding carboxylic acids is 1. The molecule has 0 saturated carbocycles. The maximum Gasteiger partial charge on any atom is 0.264 e. The Balaban J connectivity index is 1.46. The van der Waals surface area contributed by atoms with E-state index in [9.17, 15) is 18.5 Å². The molecule has 0 atom stereocenters. The van der Waals surface area contributed by atoms with Crippen LogP contribution in [0.3, 0.4) is 0 Å². The van der Waals surface area contributed by atoms with E-state index >= 15 is 0 Å². The number of sulfonamides is 1. The third kappa shape index (κ3) is 3.46. The molecule has 2 aliphatic rings. The molecule has 1 saturated heterocycles. The highest BCUT2D eigenvalue weighted by Gasteiger charge is 2.32. The minimum atomic E-state index is -3.75. The van der Waals surface area contributed by atoms with Crippen molar-refractivity contribution in [2.24, 2.45) is 0 Å². The number of thiophene rings is 1. The molecule has 8 heteroatoms. The molecule has 1 amide bonds. The molecule has 0 unspecified atom stereocenters. The Kier molecular flexibility index (Phi) is 5.23. The summed E-state index contributed by atoms with van der Waals surface area (Å²) in [5.74, 6) is -0.00567. The average molecular weight is 416 g/mol. The van der Waals surface area contributed by atoms with Gasteiger partial charge in [0.25, 0.3) is 5.91 Å². The number of amides is 1. The number of carbonyl (C=O) groups is 1. The number of nitriles is 1. The van der Waals surface area contributed by atoms with Gasteiger partial charge in [-0.15, -0.1) is 11.3 Å². The van der Waals surface area contributed by atoms with E-state index < -0.39 is 10.0 Å². The van der Waals surface area contributed by atoms with Gasteiger partial charge in [0.15, 0.2) is 0 Å². The third-order valence-electron chi connectivity index (χ3n) is 5.36. The van der Waals surface area contributed by atoms with Crippen LogP contribution in [0.1, 0.15) is 38.5 Å². The number of nitrogens with zero attached hydrogens (tertiary/aromatic N) is 3. The highest BCUT2D eigenvalue weighted by atomic mass is 32.2. The number of hydrogen-bond donors (Lipinski definition) is 0. The number of aryl methyl sites for hydroxylation is 2. The van der Waals surface area contributed by atoms with Crippen LogP contribution in [-0.2, 0) is 22.9 Å². The summed E-state index contributed by atoms with van der Waals surface area (Å²) >= 11 is 1.59. The van der Waals surface area contributed by atoms with Gasteiger partial charge >= 0.3 is 0 Å². The first-order valence-electron chi connectivity index (χ1n) is 9.41. The first-order valence-corrected chi connectivity index (χ1v) is 11.7. The normalized spacial score (nSPS) is 17.8. The molecular weight excluding hydrogens is 394 g/mol. The van der Waals surface area contributed by atoms with Gasteiger partial charge in [0.2, 0.25) is 10.0 Å². The maximum absolute atomic E-state index is 12.9. The largest absolute Gasteiger partial charge is 0.335 e. The Morgan fingerprint density at radius 1 is 1.07 bits per heavy atom. The van der Waals surface area contributed by atoms with Crippen LogP contribution in [0, 0.1) is 11.3 Å². The van der Waals surface area contributed by atoms with Gasteiger partial charge in [-0.3, -0.25) is 4.79 Å². The molecule has 0 spiro atoms. The highest BCUT2D eigenvalue weighted by molar-refractivity contribution is 7.89. The fraction of sp³-hybridized carbons (Fsp3) is 0.400. The molecule has 0 bridgehead atoms. The molecule has 2 heterocycles. The summed E-state index contributed by atoms with van der Waals surface area (Å²) in [6.45, 7) is 1.18. The molecule has 1 aliphatic carbocycles. The molecule has 6 nitrogen and oxygen atoms in total. The van der Waals surface area contributed by atoms with Gasteiger partial charge in [-0.05, 0) is 49.4 Å². The van der Waals surface area contributed by atoms with Gasteiger partial charge in [-0.1, -0.05) is 12.1 Å². The fourth-order valence-corrected chi connectivity index (χ4v) is 6.59. The molecule has 146 valence electrons. The van der Waals surface area contributed by atoms with E-state index in [4.69, 9.17) is 0 Å². The van der Waals surface area contributed by atoms with Crippen molar-refractivity contribution in [2.45, 2.75) is 30.6 Å². The fourth-order valence-electron chi connectivity index (χ4n) is 3.81. The Bertz CT molecular complexity index is 1020. The van der Waals surface area contributed by atoms with Crippen molar-refractivity contribution in [2.75, 3.05) is 26.2 Å². The summed E-state index contributed by atoms with van der Waals surface area (Å²) < 4.78 is 27.2. The molecular formula is C20H21N3O3S2. The van der Waals surface area contributed by atoms with Crippen molar-refractivity contribution in [1.82, 2.24) is 9.21 Å². The maximum atomic E-state index is 12.9. The van der Waals surface area contributed by atoms with Crippen LogP contribution >= 0.6 is 11.3 Å². The van der Waals surface area contributed by atoms with Crippen molar-refractivity contribution in [3.05, 3.63) is 51.2 Å². The van der Waals surface area contributed by atoms with Crippen molar-refractivity contribution in [1.29, 1.82) is 5.26 Å². The highest BCUT2D eigenvalue weighted by Crippen LogP contribution is 2.31. The zero-order chi connectivity index (χ0) is 19.7. The van der Waals surface area contributed by atoms with Gasteiger partial charge in [-0.25, -0.2) is 8.42 Å². The number of fused-ring (bicyclic) bond motifs is 1. The van der Waals surface area contributed by atoms with E-state index in [1.165, 1.54) is 39.7 Å². The van der Waals surface area contributed by atoms with Crippen LogP contribution in [0.2, 0.25) is 0 Å². The monoisotopic (exact) mass is 415 g/mol. The van der Waals surface area contributed by atoms with Crippen LogP contribution in [0.4, 0.5) is 0 Å². The number of piperazine rings is 1. The smallest absolute Gasteiger partial charge is 0.264 e. The minimum Gasteiger partial charge on any atom is -0.335 e. The van der Waals surface area contributed by atoms with Crippen molar-refractivity contribution in [3.63, 3.8) is 0 Å². The third-order valence-corrected chi connectivity index (χ3v) is 8.54. The summed E-state index contributed by atoms with van der Waals surface area (Å²) in [6.07, 6.45) is 4.46. The number of hydrogen-bond acceptors (Lipinski definition) is 5. The number of rotatable bonds is 3. The summed E-state index contributed by atoms with van der Waals surface area (Å²) in [6, 6.07) is 10.2. The molecule has 4 rings (SSSR count). The van der Waals surface area contributed by atoms with Crippen LogP contribution in [0.15, 0.2) is 35.2 Å². The lowest BCUT2D eigenvalue weighted by Gasteiger charge is -2.33. The minimum absolute atomic E-state index is 0.00567. The summed E-state index contributed by atoms with van der Waals surface area (Å²) in [5, 5.41) is 9.21. The Hall–Kier alpha value is -2.21. The average Bonchev–Trinajstić information content (AvgIpc) is 3.17. The van der Waals surface area contributed by atoms with E-state index in [1.807, 2.05) is 12.1 Å². The van der Waals surface area contributed by atoms with Crippen molar-refractivity contribution >= 4 is 27.3 Å². The second-order valence-corrected chi connectivity index (χ2v) is 10.1. The van der Waals surface area contributed by atoms with Gasteiger partial charge in [0.1, 0.15) is 6.07 Å². The van der Waals surface area contributed by atoms with Crippen LogP contribution in [0.5, 0.6) is 0 Å². The lowest BCUT2D eigenvalue weighted by atomic mass is 9.99. The first kappa shape index (κ1) is 19.1. The van der Waals surface area contributed by atoms with Gasteiger partial charge in [0, 0.05) is 31.1 Å². The Labute approximate surface area is 169 Å². The van der Waals surface area contributed by atoms with Gasteiger partial charge < -0.3 is 4.90 Å². The Morgan fingerprint density at radius 2 is 1.79 bits per heavy atom. The van der Waals surface area contributed by atoms with E-state index in [0.717, 1.165) is 17.7 Å². The zero-order valence-electron chi connectivity index (χ0n) is 15.4. The second kappa shape index (κ2) is 7.66. The van der Waals surface area contributed by atoms with E-state index in [1.54, 1.807) is 28.4 Å². The lowest BCUT2D eigenvalue weighted by molar-refractivity contribution is 0.0702. The topological polar surface area (TPSA) is 81.5 Å². The molecule has 28 heavy (non-hydrogen) atoms. The summed E-state index contributed by atoms with van der Waals surface area (Å²) in [5.41, 5.74) is 1.44. The molecule has 1 aliphatic heterocycles. The lowest BCUT2D eigenvalue weighted by Crippen LogP contribution is -2.50. The van der Waals surface area contributed by atoms with Crippen molar-refractivity contribution in [3.8, 4) is 6.07 Å². The molecule has 0 radical (unpaired) electrons. The SMILES string of the molecule is N#Cc1ccccc1S(=O)(=O)N1CCN(C(=O)c2cc3c(s2)CCCC3)CC1. The van der Waals surface area contributed by atoms with E-state index in [-0.39, 0.29) is 29.5 Å². The quantitative estimate of drug-likeness (QED) is 0.772. The van der Waals surface area contributed by atoms with Gasteiger partial charge in [0.05, 0.1) is 15.3 Å². The molecule has 1 fully saturated rings. The molecule has 1 aromatic heterocycles. The van der Waals surface area contributed by atoms with Crippen LogP contribution < -0.4 is 0 Å². The summed E-state index contributed by atoms with van der Waals surface area (Å²) in [4.78, 5) is 16.7. The van der Waals surface area contributed by atoms with Crippen LogP contribution in [0.25, 0.3) is 0 Å². The van der Waals surface area contributed by atoms with Crippen LogP contribution in [-0.4, -0.2) is 49.7 Å². The zero-order valence-corrected chi connectivity index (χ0v) is 17.1. The number of benzene rings is 1. The van der Waals surface area contributed by atoms with Gasteiger partial charge in [-0.2, -0.15) is 9.57 Å². The first-order chi connectivity index (χ1) is 13.5. The van der Waals surface area contributed by atoms with Crippen molar-refractivity contribution < 1.29 is 13.2 Å². The second-order valence-electron chi connectivity index (χ2n) is 7.07. The summed E-state index contributed by atoms with van der Waals surface area (Å²) in [7, 11) is -3.75. The predicted octanol–water partition coefficient (Wildman–Crippen LogP) is 2.65. The van der Waals surface area contributed by atoms with E-state index in [0.29, 0.717) is 13.1 Å². The Morgan fingerprint density at radius 3 is 2.50 bits per heavy atom. The standard InChI is InChI=1S/C20H21N3O3S2/c21-14-16-6-2-4-8-19(16)28(25,26)23-11-9-22(10-12-23)20(24)18-13-15-5-1-3-7-17(15)27-18/h2,4,6,8,13H,1,3,5,7,9-12H2. The molecule has 2 aromatic rings.